The third-order valence-electron chi connectivity index (χ3n) is 4.43. The maximum atomic E-state index is 11.9. The molecule has 0 aromatic carbocycles. The molecule has 18 heavy (non-hydrogen) atoms. The Bertz CT molecular complexity index is 371. The van der Waals surface area contributed by atoms with Crippen molar-refractivity contribution >= 4 is 9.84 Å². The molecule has 2 rings (SSSR count). The lowest BCUT2D eigenvalue weighted by molar-refractivity contribution is 0.247. The minimum atomic E-state index is -2.82. The lowest BCUT2D eigenvalue weighted by atomic mass is 9.82. The molecule has 0 aromatic heterocycles. The van der Waals surface area contributed by atoms with Crippen LogP contribution in [0.3, 0.4) is 0 Å². The van der Waals surface area contributed by atoms with Gasteiger partial charge in [0.15, 0.2) is 0 Å². The zero-order chi connectivity index (χ0) is 13.2. The Morgan fingerprint density at radius 3 is 2.33 bits per heavy atom. The quantitative estimate of drug-likeness (QED) is 0.701. The fourth-order valence-electron chi connectivity index (χ4n) is 2.68. The minimum Gasteiger partial charge on any atom is -0.313 e. The smallest absolute Gasteiger partial charge is 0.150 e. The van der Waals surface area contributed by atoms with Crippen molar-refractivity contribution in [2.75, 3.05) is 18.1 Å². The molecule has 2 saturated carbocycles. The van der Waals surface area contributed by atoms with E-state index in [1.54, 1.807) is 0 Å². The molecule has 1 N–H and O–H groups in total. The number of hydrogen-bond donors (Lipinski definition) is 1. The summed E-state index contributed by atoms with van der Waals surface area (Å²) in [6.07, 6.45) is 6.75. The SMILES string of the molecule is CCCS(=O)(=O)CCC(C)(CNC1CC1)C1CC1. The van der Waals surface area contributed by atoms with Gasteiger partial charge in [0.05, 0.1) is 5.75 Å². The van der Waals surface area contributed by atoms with Crippen molar-refractivity contribution in [1.29, 1.82) is 0 Å². The first-order chi connectivity index (χ1) is 8.45. The molecule has 2 aliphatic carbocycles. The first-order valence-corrected chi connectivity index (χ1v) is 9.21. The third-order valence-corrected chi connectivity index (χ3v) is 6.29. The average molecular weight is 273 g/mol. The molecule has 0 bridgehead atoms. The standard InChI is InChI=1S/C14H27NO2S/c1-3-9-18(16,17)10-8-14(2,12-4-5-12)11-15-13-6-7-13/h12-13,15H,3-11H2,1-2H3. The van der Waals surface area contributed by atoms with Gasteiger partial charge >= 0.3 is 0 Å². The van der Waals surface area contributed by atoms with Gasteiger partial charge in [0, 0.05) is 18.3 Å². The molecule has 0 radical (unpaired) electrons. The van der Waals surface area contributed by atoms with Crippen LogP contribution in [0.1, 0.15) is 52.4 Å². The van der Waals surface area contributed by atoms with Crippen molar-refractivity contribution in [3.05, 3.63) is 0 Å². The normalized spacial score (nSPS) is 23.9. The lowest BCUT2D eigenvalue weighted by Gasteiger charge is -2.30. The Morgan fingerprint density at radius 2 is 1.83 bits per heavy atom. The summed E-state index contributed by atoms with van der Waals surface area (Å²) in [7, 11) is -2.82. The maximum absolute atomic E-state index is 11.9. The van der Waals surface area contributed by atoms with Gasteiger partial charge < -0.3 is 5.32 Å². The summed E-state index contributed by atoms with van der Waals surface area (Å²) in [6, 6.07) is 0.718. The second-order valence-electron chi connectivity index (χ2n) is 6.49. The van der Waals surface area contributed by atoms with Gasteiger partial charge in [-0.15, -0.1) is 0 Å². The highest BCUT2D eigenvalue weighted by Gasteiger charge is 2.42. The summed E-state index contributed by atoms with van der Waals surface area (Å²) in [5.41, 5.74) is 0.198. The third kappa shape index (κ3) is 4.23. The largest absolute Gasteiger partial charge is 0.313 e. The van der Waals surface area contributed by atoms with E-state index < -0.39 is 9.84 Å². The van der Waals surface area contributed by atoms with Gasteiger partial charge in [0.1, 0.15) is 9.84 Å². The molecule has 2 aliphatic rings. The minimum absolute atomic E-state index is 0.198. The second kappa shape index (κ2) is 5.49. The van der Waals surface area contributed by atoms with Gasteiger partial charge in [0.2, 0.25) is 0 Å². The number of rotatable bonds is 9. The van der Waals surface area contributed by atoms with Gasteiger partial charge in [0.25, 0.3) is 0 Å². The van der Waals surface area contributed by atoms with Crippen LogP contribution in [0.2, 0.25) is 0 Å². The van der Waals surface area contributed by atoms with Crippen LogP contribution in [0.25, 0.3) is 0 Å². The van der Waals surface area contributed by atoms with Crippen molar-refractivity contribution < 1.29 is 8.42 Å². The predicted molar refractivity (Wildman–Crippen MR) is 75.4 cm³/mol. The Labute approximate surface area is 112 Å². The molecule has 0 amide bonds. The van der Waals surface area contributed by atoms with Crippen LogP contribution in [0.5, 0.6) is 0 Å². The Morgan fingerprint density at radius 1 is 1.17 bits per heavy atom. The Hall–Kier alpha value is -0.0900. The summed E-state index contributed by atoms with van der Waals surface area (Å²) >= 11 is 0. The van der Waals surface area contributed by atoms with E-state index in [0.717, 1.165) is 31.3 Å². The van der Waals surface area contributed by atoms with Crippen molar-refractivity contribution in [2.24, 2.45) is 11.3 Å². The molecule has 0 aliphatic heterocycles. The summed E-state index contributed by atoms with van der Waals surface area (Å²) < 4.78 is 23.7. The number of nitrogens with one attached hydrogen (secondary N) is 1. The van der Waals surface area contributed by atoms with Gasteiger partial charge in [-0.1, -0.05) is 13.8 Å². The van der Waals surface area contributed by atoms with Crippen LogP contribution in [0.4, 0.5) is 0 Å². The molecule has 0 aromatic rings. The summed E-state index contributed by atoms with van der Waals surface area (Å²) in [6.45, 7) is 5.22. The van der Waals surface area contributed by atoms with E-state index in [1.807, 2.05) is 6.92 Å². The van der Waals surface area contributed by atoms with Crippen LogP contribution >= 0.6 is 0 Å². The van der Waals surface area contributed by atoms with Crippen molar-refractivity contribution in [3.63, 3.8) is 0 Å². The van der Waals surface area contributed by atoms with Crippen LogP contribution in [-0.4, -0.2) is 32.5 Å². The second-order valence-corrected chi connectivity index (χ2v) is 8.79. The zero-order valence-corrected chi connectivity index (χ0v) is 12.6. The predicted octanol–water partition coefficient (Wildman–Crippen LogP) is 2.37. The lowest BCUT2D eigenvalue weighted by Crippen LogP contribution is -2.36. The Balaban J connectivity index is 1.84. The molecule has 4 heteroatoms. The molecule has 3 nitrogen and oxygen atoms in total. The first kappa shape index (κ1) is 14.3. The van der Waals surface area contributed by atoms with E-state index in [9.17, 15) is 8.42 Å². The molecular formula is C14H27NO2S. The van der Waals surface area contributed by atoms with Crippen molar-refractivity contribution in [1.82, 2.24) is 5.32 Å². The zero-order valence-electron chi connectivity index (χ0n) is 11.7. The van der Waals surface area contributed by atoms with E-state index in [1.165, 1.54) is 25.7 Å². The topological polar surface area (TPSA) is 46.2 Å². The fourth-order valence-corrected chi connectivity index (χ4v) is 4.29. The molecule has 0 heterocycles. The molecule has 2 fully saturated rings. The van der Waals surface area contributed by atoms with Gasteiger partial charge in [-0.25, -0.2) is 8.42 Å². The molecule has 106 valence electrons. The fraction of sp³-hybridized carbons (Fsp3) is 1.00. The van der Waals surface area contributed by atoms with E-state index in [0.29, 0.717) is 11.5 Å². The van der Waals surface area contributed by atoms with E-state index in [4.69, 9.17) is 0 Å². The summed E-state index contributed by atoms with van der Waals surface area (Å²) in [5, 5.41) is 3.59. The van der Waals surface area contributed by atoms with Crippen molar-refractivity contribution in [3.8, 4) is 0 Å². The number of hydrogen-bond acceptors (Lipinski definition) is 3. The van der Waals surface area contributed by atoms with Gasteiger partial charge in [-0.3, -0.25) is 0 Å². The average Bonchev–Trinajstić information content (AvgIpc) is 3.17. The van der Waals surface area contributed by atoms with Crippen LogP contribution in [0.15, 0.2) is 0 Å². The summed E-state index contributed by atoms with van der Waals surface area (Å²) in [5.74, 6) is 1.48. The monoisotopic (exact) mass is 273 g/mol. The van der Waals surface area contributed by atoms with E-state index >= 15 is 0 Å². The van der Waals surface area contributed by atoms with Crippen molar-refractivity contribution in [2.45, 2.75) is 58.4 Å². The van der Waals surface area contributed by atoms with Gasteiger partial charge in [-0.2, -0.15) is 0 Å². The molecule has 1 unspecified atom stereocenters. The van der Waals surface area contributed by atoms with Crippen LogP contribution in [-0.2, 0) is 9.84 Å². The van der Waals surface area contributed by atoms with Crippen LogP contribution < -0.4 is 5.32 Å². The highest BCUT2D eigenvalue weighted by Crippen LogP contribution is 2.47. The highest BCUT2D eigenvalue weighted by molar-refractivity contribution is 7.91. The summed E-state index contributed by atoms with van der Waals surface area (Å²) in [4.78, 5) is 0. The molecular weight excluding hydrogens is 246 g/mol. The Kier molecular flexibility index (Phi) is 4.37. The van der Waals surface area contributed by atoms with E-state index in [-0.39, 0.29) is 5.41 Å². The first-order valence-electron chi connectivity index (χ1n) is 7.39. The highest BCUT2D eigenvalue weighted by atomic mass is 32.2. The van der Waals surface area contributed by atoms with Crippen LogP contribution in [0, 0.1) is 11.3 Å². The molecule has 0 spiro atoms. The number of sulfone groups is 1. The van der Waals surface area contributed by atoms with Gasteiger partial charge in [-0.05, 0) is 49.9 Å². The maximum Gasteiger partial charge on any atom is 0.150 e. The molecule has 0 saturated heterocycles. The molecule has 1 atom stereocenters. The van der Waals surface area contributed by atoms with E-state index in [2.05, 4.69) is 12.2 Å².